The fraction of sp³-hybridized carbons (Fsp3) is 0.941. The third-order valence-electron chi connectivity index (χ3n) is 5.54. The van der Waals surface area contributed by atoms with Crippen molar-refractivity contribution in [2.24, 2.45) is 17.8 Å². The molecule has 0 bridgehead atoms. The van der Waals surface area contributed by atoms with Crippen LogP contribution in [0.5, 0.6) is 0 Å². The van der Waals surface area contributed by atoms with Crippen molar-refractivity contribution in [3.63, 3.8) is 0 Å². The maximum atomic E-state index is 5.53. The summed E-state index contributed by atoms with van der Waals surface area (Å²) in [6.45, 7) is 1.60. The lowest BCUT2D eigenvalue weighted by Gasteiger charge is -2.36. The van der Waals surface area contributed by atoms with Gasteiger partial charge in [-0.2, -0.15) is 0 Å². The van der Waals surface area contributed by atoms with Crippen LogP contribution in [-0.4, -0.2) is 19.5 Å². The molecule has 0 aromatic carbocycles. The Balaban J connectivity index is 1.34. The van der Waals surface area contributed by atoms with Crippen molar-refractivity contribution in [1.82, 2.24) is 0 Å². The van der Waals surface area contributed by atoms with E-state index in [-0.39, 0.29) is 6.29 Å². The highest BCUT2D eigenvalue weighted by molar-refractivity contribution is 4.84. The Morgan fingerprint density at radius 1 is 0.737 bits per heavy atom. The van der Waals surface area contributed by atoms with E-state index in [9.17, 15) is 0 Å². The normalized spacial score (nSPS) is 34.7. The highest BCUT2D eigenvalue weighted by Gasteiger charge is 2.29. The predicted octanol–water partition coefficient (Wildman–Crippen LogP) is 4.34. The van der Waals surface area contributed by atoms with Gasteiger partial charge in [-0.25, -0.2) is 0 Å². The average molecular weight is 265 g/mol. The largest absolute Gasteiger partial charge is 0.350 e. The Kier molecular flexibility index (Phi) is 5.17. The molecule has 3 rings (SSSR count). The van der Waals surface area contributed by atoms with Gasteiger partial charge in [0.15, 0.2) is 6.29 Å². The molecule has 2 nitrogen and oxygen atoms in total. The van der Waals surface area contributed by atoms with E-state index in [4.69, 9.17) is 9.47 Å². The van der Waals surface area contributed by atoms with Crippen LogP contribution in [0.25, 0.3) is 0 Å². The highest BCUT2D eigenvalue weighted by Crippen LogP contribution is 2.40. The Hall–Kier alpha value is -0.0800. The first kappa shape index (κ1) is 13.9. The Bertz CT molecular complexity index is 246. The lowest BCUT2D eigenvalue weighted by molar-refractivity contribution is -0.0514. The molecule has 2 heteroatoms. The summed E-state index contributed by atoms with van der Waals surface area (Å²) in [6, 6.07) is 0. The highest BCUT2D eigenvalue weighted by atomic mass is 16.7. The van der Waals surface area contributed by atoms with Crippen LogP contribution in [0.4, 0.5) is 0 Å². The summed E-state index contributed by atoms with van der Waals surface area (Å²) >= 11 is 0. The quantitative estimate of drug-likeness (QED) is 0.753. The van der Waals surface area contributed by atoms with Crippen molar-refractivity contribution < 1.29 is 9.47 Å². The number of hydrogen-bond donors (Lipinski definition) is 0. The van der Waals surface area contributed by atoms with Gasteiger partial charge in [-0.05, 0) is 75.5 Å². The van der Waals surface area contributed by atoms with Crippen LogP contribution in [0.2, 0.25) is 0 Å². The lowest BCUT2D eigenvalue weighted by Crippen LogP contribution is -2.24. The summed E-state index contributed by atoms with van der Waals surface area (Å²) in [6.07, 6.45) is 16.6. The molecule has 0 aromatic rings. The summed E-state index contributed by atoms with van der Waals surface area (Å²) in [7, 11) is 0. The van der Waals surface area contributed by atoms with Gasteiger partial charge in [-0.1, -0.05) is 12.8 Å². The Morgan fingerprint density at radius 2 is 1.37 bits per heavy atom. The van der Waals surface area contributed by atoms with E-state index in [1.54, 1.807) is 0 Å². The molecule has 0 unspecified atom stereocenters. The smallest absolute Gasteiger partial charge is 0.157 e. The first-order chi connectivity index (χ1) is 9.42. The summed E-state index contributed by atoms with van der Waals surface area (Å²) in [4.78, 5) is 0. The van der Waals surface area contributed by atoms with E-state index in [0.717, 1.165) is 37.4 Å². The molecule has 1 aliphatic heterocycles. The van der Waals surface area contributed by atoms with Gasteiger partial charge in [0.1, 0.15) is 0 Å². The molecule has 0 aromatic heterocycles. The van der Waals surface area contributed by atoms with E-state index in [2.05, 4.69) is 6.42 Å². The molecule has 2 aliphatic carbocycles. The van der Waals surface area contributed by atoms with E-state index < -0.39 is 0 Å². The maximum absolute atomic E-state index is 5.53. The molecular weight excluding hydrogens is 236 g/mol. The third kappa shape index (κ3) is 3.95. The van der Waals surface area contributed by atoms with Crippen LogP contribution >= 0.6 is 0 Å². The molecule has 3 fully saturated rings. The zero-order valence-corrected chi connectivity index (χ0v) is 12.2. The Morgan fingerprint density at radius 3 is 2.05 bits per heavy atom. The fourth-order valence-electron chi connectivity index (χ4n) is 4.32. The van der Waals surface area contributed by atoms with Crippen molar-refractivity contribution >= 4 is 0 Å². The molecule has 0 atom stereocenters. The van der Waals surface area contributed by atoms with Crippen LogP contribution in [0, 0.1) is 24.2 Å². The molecule has 1 saturated heterocycles. The van der Waals surface area contributed by atoms with Crippen LogP contribution in [0.1, 0.15) is 64.2 Å². The van der Waals surface area contributed by atoms with E-state index in [1.165, 1.54) is 57.8 Å². The average Bonchev–Trinajstić information content (AvgIpc) is 3.00. The molecular formula is C17H29O2. The van der Waals surface area contributed by atoms with Crippen LogP contribution < -0.4 is 0 Å². The van der Waals surface area contributed by atoms with Crippen molar-refractivity contribution in [3.05, 3.63) is 6.42 Å². The van der Waals surface area contributed by atoms with E-state index >= 15 is 0 Å². The number of hydrogen-bond acceptors (Lipinski definition) is 2. The zero-order valence-electron chi connectivity index (χ0n) is 12.2. The van der Waals surface area contributed by atoms with Crippen LogP contribution in [-0.2, 0) is 9.47 Å². The van der Waals surface area contributed by atoms with E-state index in [0.29, 0.717) is 0 Å². The minimum atomic E-state index is 0.117. The van der Waals surface area contributed by atoms with Crippen molar-refractivity contribution in [3.8, 4) is 0 Å². The predicted molar refractivity (Wildman–Crippen MR) is 76.6 cm³/mol. The van der Waals surface area contributed by atoms with Gasteiger partial charge in [-0.15, -0.1) is 0 Å². The van der Waals surface area contributed by atoms with Gasteiger partial charge >= 0.3 is 0 Å². The SMILES string of the molecule is [CH]1CCC(C2CCC(CCC3OCCO3)CC2)CC1. The van der Waals surface area contributed by atoms with Crippen LogP contribution in [0.3, 0.4) is 0 Å². The summed E-state index contributed by atoms with van der Waals surface area (Å²) in [5.74, 6) is 3.04. The first-order valence-electron chi connectivity index (χ1n) is 8.46. The minimum Gasteiger partial charge on any atom is -0.350 e. The van der Waals surface area contributed by atoms with Gasteiger partial charge in [-0.3, -0.25) is 0 Å². The van der Waals surface area contributed by atoms with Gasteiger partial charge in [0, 0.05) is 0 Å². The van der Waals surface area contributed by atoms with Gasteiger partial charge < -0.3 is 9.47 Å². The zero-order chi connectivity index (χ0) is 12.9. The third-order valence-corrected chi connectivity index (χ3v) is 5.54. The second kappa shape index (κ2) is 7.08. The molecule has 1 heterocycles. The second-order valence-electron chi connectivity index (χ2n) is 6.73. The van der Waals surface area contributed by atoms with Crippen molar-refractivity contribution in [1.29, 1.82) is 0 Å². The molecule has 19 heavy (non-hydrogen) atoms. The molecule has 3 aliphatic rings. The van der Waals surface area contributed by atoms with Crippen molar-refractivity contribution in [2.45, 2.75) is 70.5 Å². The minimum absolute atomic E-state index is 0.117. The summed E-state index contributed by atoms with van der Waals surface area (Å²) in [5, 5.41) is 0. The summed E-state index contributed by atoms with van der Waals surface area (Å²) in [5.41, 5.74) is 0. The molecule has 109 valence electrons. The number of ether oxygens (including phenoxy) is 2. The molecule has 0 N–H and O–H groups in total. The number of rotatable bonds is 4. The van der Waals surface area contributed by atoms with Gasteiger partial charge in [0.25, 0.3) is 0 Å². The fourth-order valence-corrected chi connectivity index (χ4v) is 4.32. The standard InChI is InChI=1S/C17H29O2/c1-2-4-15(5-3-1)16-9-6-14(7-10-16)8-11-17-18-12-13-19-17/h1,14-17H,2-13H2. The van der Waals surface area contributed by atoms with E-state index in [1.807, 2.05) is 0 Å². The lowest BCUT2D eigenvalue weighted by atomic mass is 9.70. The van der Waals surface area contributed by atoms with Gasteiger partial charge in [0.2, 0.25) is 0 Å². The molecule has 2 saturated carbocycles. The summed E-state index contributed by atoms with van der Waals surface area (Å²) < 4.78 is 11.1. The Labute approximate surface area is 118 Å². The van der Waals surface area contributed by atoms with Crippen molar-refractivity contribution in [2.75, 3.05) is 13.2 Å². The maximum Gasteiger partial charge on any atom is 0.157 e. The van der Waals surface area contributed by atoms with Gasteiger partial charge in [0.05, 0.1) is 13.2 Å². The monoisotopic (exact) mass is 265 g/mol. The molecule has 0 amide bonds. The first-order valence-corrected chi connectivity index (χ1v) is 8.46. The second-order valence-corrected chi connectivity index (χ2v) is 6.73. The topological polar surface area (TPSA) is 18.5 Å². The van der Waals surface area contributed by atoms with Crippen LogP contribution in [0.15, 0.2) is 0 Å². The molecule has 1 radical (unpaired) electrons. The molecule has 0 spiro atoms.